The quantitative estimate of drug-likeness (QED) is 0.823. The minimum Gasteiger partial charge on any atom is -0.307 e. The summed E-state index contributed by atoms with van der Waals surface area (Å²) in [5.41, 5.74) is 2.24. The van der Waals surface area contributed by atoms with Gasteiger partial charge >= 0.3 is 0 Å². The maximum atomic E-state index is 4.82. The predicted octanol–water partition coefficient (Wildman–Crippen LogP) is 4.81. The van der Waals surface area contributed by atoms with Crippen LogP contribution in [0.4, 0.5) is 0 Å². The van der Waals surface area contributed by atoms with Gasteiger partial charge in [0.25, 0.3) is 0 Å². The molecule has 1 N–H and O–H groups in total. The van der Waals surface area contributed by atoms with E-state index in [9.17, 15) is 0 Å². The van der Waals surface area contributed by atoms with Crippen molar-refractivity contribution in [3.05, 3.63) is 33.4 Å². The molecule has 2 heterocycles. The molecule has 2 aromatic rings. The summed E-state index contributed by atoms with van der Waals surface area (Å²) in [4.78, 5) is 10.6. The number of nitrogens with one attached hydrogen (secondary N) is 1. The highest BCUT2D eigenvalue weighted by atomic mass is 79.9. The lowest BCUT2D eigenvalue weighted by Crippen LogP contribution is -2.35. The first kappa shape index (κ1) is 16.6. The van der Waals surface area contributed by atoms with Crippen molar-refractivity contribution in [3.63, 3.8) is 0 Å². The third-order valence-electron chi connectivity index (χ3n) is 3.01. The highest BCUT2D eigenvalue weighted by molar-refractivity contribution is 9.10. The molecule has 0 spiro atoms. The Bertz CT molecular complexity index is 602. The molecule has 0 fully saturated rings. The smallest absolute Gasteiger partial charge is 0.143 e. The molecule has 0 radical (unpaired) electrons. The van der Waals surface area contributed by atoms with Crippen LogP contribution in [0.25, 0.3) is 10.7 Å². The molecule has 0 atom stereocenters. The van der Waals surface area contributed by atoms with Crippen LogP contribution in [-0.4, -0.2) is 15.5 Å². The van der Waals surface area contributed by atoms with E-state index < -0.39 is 0 Å². The first-order valence-electron chi connectivity index (χ1n) is 7.25. The van der Waals surface area contributed by atoms with Crippen molar-refractivity contribution in [1.82, 2.24) is 15.3 Å². The zero-order valence-corrected chi connectivity index (χ0v) is 15.4. The van der Waals surface area contributed by atoms with Gasteiger partial charge in [-0.05, 0) is 55.3 Å². The Morgan fingerprint density at radius 3 is 2.71 bits per heavy atom. The number of hydrogen-bond donors (Lipinski definition) is 1. The second kappa shape index (κ2) is 6.99. The van der Waals surface area contributed by atoms with Gasteiger partial charge in [-0.1, -0.05) is 13.3 Å². The van der Waals surface area contributed by atoms with E-state index in [0.717, 1.165) is 34.6 Å². The van der Waals surface area contributed by atoms with Crippen LogP contribution in [0.15, 0.2) is 22.8 Å². The summed E-state index contributed by atoms with van der Waals surface area (Å²) in [7, 11) is 0. The van der Waals surface area contributed by atoms with E-state index in [0.29, 0.717) is 0 Å². The number of rotatable bonds is 5. The van der Waals surface area contributed by atoms with Crippen molar-refractivity contribution < 1.29 is 0 Å². The molecular weight excluding hydrogens is 346 g/mol. The van der Waals surface area contributed by atoms with Gasteiger partial charge in [-0.15, -0.1) is 11.3 Å². The van der Waals surface area contributed by atoms with Crippen LogP contribution in [0.5, 0.6) is 0 Å². The number of pyridine rings is 1. The van der Waals surface area contributed by atoms with E-state index >= 15 is 0 Å². The molecule has 5 heteroatoms. The Labute approximate surface area is 139 Å². The van der Waals surface area contributed by atoms with Crippen molar-refractivity contribution in [2.45, 2.75) is 52.6 Å². The van der Waals surface area contributed by atoms with Crippen LogP contribution in [0, 0.1) is 0 Å². The van der Waals surface area contributed by atoms with Gasteiger partial charge in [0.2, 0.25) is 0 Å². The molecule has 0 aliphatic rings. The van der Waals surface area contributed by atoms with Crippen molar-refractivity contribution in [2.75, 3.05) is 0 Å². The predicted molar refractivity (Wildman–Crippen MR) is 93.6 cm³/mol. The molecule has 3 nitrogen and oxygen atoms in total. The average Bonchev–Trinajstić information content (AvgIpc) is 2.80. The van der Waals surface area contributed by atoms with Crippen molar-refractivity contribution in [3.8, 4) is 10.7 Å². The van der Waals surface area contributed by atoms with Gasteiger partial charge in [-0.2, -0.15) is 0 Å². The summed E-state index contributed by atoms with van der Waals surface area (Å²) in [6, 6.07) is 3.94. The first-order valence-corrected chi connectivity index (χ1v) is 8.86. The van der Waals surface area contributed by atoms with Crippen molar-refractivity contribution in [1.29, 1.82) is 0 Å². The molecule has 21 heavy (non-hydrogen) atoms. The number of nitrogens with zero attached hydrogens (tertiary/aromatic N) is 2. The molecule has 114 valence electrons. The maximum Gasteiger partial charge on any atom is 0.143 e. The topological polar surface area (TPSA) is 37.8 Å². The number of thiazole rings is 1. The number of aryl methyl sites for hydroxylation is 1. The lowest BCUT2D eigenvalue weighted by atomic mass is 10.1. The Hall–Kier alpha value is -0.780. The molecule has 0 unspecified atom stereocenters. The van der Waals surface area contributed by atoms with Gasteiger partial charge in [-0.25, -0.2) is 4.98 Å². The fourth-order valence-corrected chi connectivity index (χ4v) is 3.58. The zero-order chi connectivity index (χ0) is 15.5. The summed E-state index contributed by atoms with van der Waals surface area (Å²) >= 11 is 5.31. The van der Waals surface area contributed by atoms with E-state index in [4.69, 9.17) is 4.98 Å². The van der Waals surface area contributed by atoms with Gasteiger partial charge in [0.05, 0.1) is 5.69 Å². The van der Waals surface area contributed by atoms with Crippen molar-refractivity contribution >= 4 is 27.3 Å². The zero-order valence-electron chi connectivity index (χ0n) is 13.0. The Morgan fingerprint density at radius 1 is 1.33 bits per heavy atom. The van der Waals surface area contributed by atoms with Crippen LogP contribution in [0.1, 0.15) is 44.7 Å². The number of halogens is 1. The van der Waals surface area contributed by atoms with Gasteiger partial charge in [0.15, 0.2) is 0 Å². The summed E-state index contributed by atoms with van der Waals surface area (Å²) in [5, 5.41) is 4.55. The molecular formula is C16H22BrN3S. The Morgan fingerprint density at radius 2 is 2.10 bits per heavy atom. The first-order chi connectivity index (χ1) is 9.90. The third-order valence-corrected chi connectivity index (χ3v) is 4.75. The van der Waals surface area contributed by atoms with Gasteiger partial charge in [-0.3, -0.25) is 4.98 Å². The lowest BCUT2D eigenvalue weighted by molar-refractivity contribution is 0.425. The van der Waals surface area contributed by atoms with Crippen LogP contribution < -0.4 is 5.32 Å². The fraction of sp³-hybridized carbons (Fsp3) is 0.500. The molecule has 0 saturated heterocycles. The molecule has 0 amide bonds. The van der Waals surface area contributed by atoms with E-state index in [1.54, 1.807) is 11.3 Å². The second-order valence-corrected chi connectivity index (χ2v) is 8.01. The van der Waals surface area contributed by atoms with Crippen LogP contribution in [0.2, 0.25) is 0 Å². The van der Waals surface area contributed by atoms with Gasteiger partial charge < -0.3 is 5.32 Å². The fourth-order valence-electron chi connectivity index (χ4n) is 1.94. The van der Waals surface area contributed by atoms with Crippen LogP contribution in [0.3, 0.4) is 0 Å². The minimum atomic E-state index is 0.110. The standard InChI is InChI=1S/C16H22BrN3S/c1-5-7-12-13(10-19-16(2,3)4)21-15(20-12)14-11(17)8-6-9-18-14/h6,8-9,19H,5,7,10H2,1-4H3. The summed E-state index contributed by atoms with van der Waals surface area (Å²) in [5.74, 6) is 0. The van der Waals surface area contributed by atoms with E-state index in [1.807, 2.05) is 18.3 Å². The second-order valence-electron chi connectivity index (χ2n) is 6.08. The SMILES string of the molecule is CCCc1nc(-c2ncccc2Br)sc1CNC(C)(C)C. The molecule has 2 rings (SSSR count). The monoisotopic (exact) mass is 367 g/mol. The highest BCUT2D eigenvalue weighted by Crippen LogP contribution is 2.32. The highest BCUT2D eigenvalue weighted by Gasteiger charge is 2.17. The molecule has 0 aliphatic heterocycles. The summed E-state index contributed by atoms with van der Waals surface area (Å²) in [6.07, 6.45) is 3.94. The Kier molecular flexibility index (Phi) is 5.52. The molecule has 0 bridgehead atoms. The maximum absolute atomic E-state index is 4.82. The Balaban J connectivity index is 2.30. The van der Waals surface area contributed by atoms with Gasteiger partial charge in [0.1, 0.15) is 10.7 Å². The van der Waals surface area contributed by atoms with E-state index in [2.05, 4.69) is 53.9 Å². The minimum absolute atomic E-state index is 0.110. The molecule has 0 aromatic carbocycles. The average molecular weight is 368 g/mol. The van der Waals surface area contributed by atoms with Crippen molar-refractivity contribution in [2.24, 2.45) is 0 Å². The lowest BCUT2D eigenvalue weighted by Gasteiger charge is -2.20. The van der Waals surface area contributed by atoms with E-state index in [-0.39, 0.29) is 5.54 Å². The molecule has 2 aromatic heterocycles. The van der Waals surface area contributed by atoms with E-state index in [1.165, 1.54) is 10.6 Å². The van der Waals surface area contributed by atoms with Crippen LogP contribution in [-0.2, 0) is 13.0 Å². The summed E-state index contributed by atoms with van der Waals surface area (Å²) < 4.78 is 0.997. The molecule has 0 saturated carbocycles. The third kappa shape index (κ3) is 4.59. The molecule has 0 aliphatic carbocycles. The number of hydrogen-bond acceptors (Lipinski definition) is 4. The number of aromatic nitrogens is 2. The largest absolute Gasteiger partial charge is 0.307 e. The summed E-state index contributed by atoms with van der Waals surface area (Å²) in [6.45, 7) is 9.61. The van der Waals surface area contributed by atoms with Crippen LogP contribution >= 0.6 is 27.3 Å². The normalized spacial score (nSPS) is 11.9. The van der Waals surface area contributed by atoms with Gasteiger partial charge in [0, 0.05) is 27.6 Å².